The molecule has 6 nitrogen and oxygen atoms in total. The number of amides is 1. The van der Waals surface area contributed by atoms with Crippen molar-refractivity contribution < 1.29 is 9.18 Å². The van der Waals surface area contributed by atoms with Gasteiger partial charge in [0.25, 0.3) is 5.91 Å². The quantitative estimate of drug-likeness (QED) is 0.713. The Morgan fingerprint density at radius 2 is 2.08 bits per heavy atom. The lowest BCUT2D eigenvalue weighted by molar-refractivity contribution is 0.102. The molecule has 1 aromatic heterocycles. The summed E-state index contributed by atoms with van der Waals surface area (Å²) in [6.45, 7) is 1.64. The molecule has 122 valence electrons. The second-order valence-electron chi connectivity index (χ2n) is 4.88. The summed E-state index contributed by atoms with van der Waals surface area (Å²) in [5.74, 6) is -0.497. The van der Waals surface area contributed by atoms with Crippen molar-refractivity contribution in [1.82, 2.24) is 20.2 Å². The third-order valence-electron chi connectivity index (χ3n) is 3.23. The first kappa shape index (κ1) is 16.5. The fourth-order valence-electron chi connectivity index (χ4n) is 2.08. The van der Waals surface area contributed by atoms with E-state index in [0.717, 1.165) is 4.47 Å². The second-order valence-corrected chi connectivity index (χ2v) is 6.21. The molecule has 0 aliphatic rings. The highest BCUT2D eigenvalue weighted by Gasteiger charge is 2.14. The van der Waals surface area contributed by atoms with Gasteiger partial charge in [-0.15, -0.1) is 5.10 Å². The van der Waals surface area contributed by atoms with E-state index in [-0.39, 0.29) is 5.69 Å². The molecule has 1 heterocycles. The summed E-state index contributed by atoms with van der Waals surface area (Å²) in [5.41, 5.74) is 0.827. The summed E-state index contributed by atoms with van der Waals surface area (Å²) in [7, 11) is 0. The number of carbonyl (C=O) groups excluding carboxylic acids is 1. The summed E-state index contributed by atoms with van der Waals surface area (Å²) in [5, 5.41) is 13.9. The zero-order valence-corrected chi connectivity index (χ0v) is 14.6. The molecular weight excluding hydrogens is 401 g/mol. The fourth-order valence-corrected chi connectivity index (χ4v) is 2.64. The van der Waals surface area contributed by atoms with Crippen molar-refractivity contribution in [1.29, 1.82) is 0 Å². The molecule has 3 aromatic rings. The van der Waals surface area contributed by atoms with Gasteiger partial charge in [-0.05, 0) is 53.7 Å². The minimum absolute atomic E-state index is 0.135. The first-order valence-corrected chi connectivity index (χ1v) is 7.94. The van der Waals surface area contributed by atoms with Crippen molar-refractivity contribution in [3.63, 3.8) is 0 Å². The van der Waals surface area contributed by atoms with Crippen LogP contribution >= 0.6 is 27.5 Å². The first-order valence-electron chi connectivity index (χ1n) is 6.77. The van der Waals surface area contributed by atoms with Gasteiger partial charge in [-0.2, -0.15) is 4.68 Å². The lowest BCUT2D eigenvalue weighted by Gasteiger charge is -2.10. The Balaban J connectivity index is 1.92. The highest BCUT2D eigenvalue weighted by atomic mass is 79.9. The molecule has 0 unspecified atom stereocenters. The number of tetrazole rings is 1. The standard InChI is InChI=1S/C15H10BrClFN5O/c1-8-20-21-22-23(8)14-7-10(3-5-13(14)18)19-15(24)11-6-9(16)2-4-12(11)17/h2-7H,1H3,(H,19,24). The molecule has 3 rings (SSSR count). The topological polar surface area (TPSA) is 72.7 Å². The van der Waals surface area contributed by atoms with Gasteiger partial charge in [0, 0.05) is 10.2 Å². The monoisotopic (exact) mass is 409 g/mol. The van der Waals surface area contributed by atoms with Crippen LogP contribution in [0.15, 0.2) is 40.9 Å². The van der Waals surface area contributed by atoms with Gasteiger partial charge in [0.1, 0.15) is 11.5 Å². The molecular formula is C15H10BrClFN5O. The Morgan fingerprint density at radius 1 is 1.29 bits per heavy atom. The summed E-state index contributed by atoms with van der Waals surface area (Å²) in [4.78, 5) is 12.4. The van der Waals surface area contributed by atoms with E-state index >= 15 is 0 Å². The summed E-state index contributed by atoms with van der Waals surface area (Å²) in [6.07, 6.45) is 0. The molecule has 1 N–H and O–H groups in total. The van der Waals surface area contributed by atoms with Crippen LogP contribution in [-0.2, 0) is 0 Å². The largest absolute Gasteiger partial charge is 0.322 e. The van der Waals surface area contributed by atoms with Crippen molar-refractivity contribution >= 4 is 39.1 Å². The summed E-state index contributed by atoms with van der Waals surface area (Å²) in [6, 6.07) is 9.07. The highest BCUT2D eigenvalue weighted by molar-refractivity contribution is 9.10. The van der Waals surface area contributed by atoms with Crippen LogP contribution in [0.2, 0.25) is 5.02 Å². The molecule has 0 fully saturated rings. The Labute approximate surface area is 149 Å². The van der Waals surface area contributed by atoms with Crippen LogP contribution in [-0.4, -0.2) is 26.1 Å². The van der Waals surface area contributed by atoms with E-state index in [1.807, 2.05) is 0 Å². The van der Waals surface area contributed by atoms with E-state index in [1.165, 1.54) is 22.9 Å². The highest BCUT2D eigenvalue weighted by Crippen LogP contribution is 2.23. The average molecular weight is 411 g/mol. The molecule has 0 saturated carbocycles. The van der Waals surface area contributed by atoms with E-state index < -0.39 is 11.7 Å². The number of hydrogen-bond donors (Lipinski definition) is 1. The van der Waals surface area contributed by atoms with Crippen molar-refractivity contribution in [2.24, 2.45) is 0 Å². The number of benzene rings is 2. The van der Waals surface area contributed by atoms with Crippen LogP contribution in [0, 0.1) is 12.7 Å². The van der Waals surface area contributed by atoms with Crippen molar-refractivity contribution in [2.75, 3.05) is 5.32 Å². The number of aromatic nitrogens is 4. The molecule has 0 spiro atoms. The first-order chi connectivity index (χ1) is 11.5. The van der Waals surface area contributed by atoms with Gasteiger partial charge in [-0.1, -0.05) is 27.5 Å². The average Bonchev–Trinajstić information content (AvgIpc) is 2.97. The van der Waals surface area contributed by atoms with Gasteiger partial charge in [0.2, 0.25) is 0 Å². The molecule has 9 heteroatoms. The van der Waals surface area contributed by atoms with Gasteiger partial charge in [-0.3, -0.25) is 4.79 Å². The Bertz CT molecular complexity index is 930. The van der Waals surface area contributed by atoms with Crippen LogP contribution in [0.3, 0.4) is 0 Å². The molecule has 2 aromatic carbocycles. The number of rotatable bonds is 3. The third-order valence-corrected chi connectivity index (χ3v) is 4.05. The molecule has 0 aliphatic heterocycles. The van der Waals surface area contributed by atoms with Crippen molar-refractivity contribution in [3.05, 3.63) is 63.1 Å². The second kappa shape index (κ2) is 6.66. The number of nitrogens with one attached hydrogen (secondary N) is 1. The zero-order valence-electron chi connectivity index (χ0n) is 12.3. The van der Waals surface area contributed by atoms with E-state index in [4.69, 9.17) is 11.6 Å². The minimum atomic E-state index is -0.510. The van der Waals surface area contributed by atoms with Crippen LogP contribution in [0.1, 0.15) is 16.2 Å². The maximum absolute atomic E-state index is 14.0. The molecule has 0 atom stereocenters. The Kier molecular flexibility index (Phi) is 4.59. The predicted molar refractivity (Wildman–Crippen MR) is 91.0 cm³/mol. The maximum Gasteiger partial charge on any atom is 0.257 e. The molecule has 0 bridgehead atoms. The predicted octanol–water partition coefficient (Wildman–Crippen LogP) is 3.78. The summed E-state index contributed by atoms with van der Waals surface area (Å²) >= 11 is 9.34. The van der Waals surface area contributed by atoms with Crippen molar-refractivity contribution in [2.45, 2.75) is 6.92 Å². The van der Waals surface area contributed by atoms with E-state index in [9.17, 15) is 9.18 Å². The third kappa shape index (κ3) is 3.29. The minimum Gasteiger partial charge on any atom is -0.322 e. The van der Waals surface area contributed by atoms with Gasteiger partial charge in [-0.25, -0.2) is 4.39 Å². The molecule has 0 radical (unpaired) electrons. The SMILES string of the molecule is Cc1nnnn1-c1cc(NC(=O)c2cc(Br)ccc2Cl)ccc1F. The number of anilines is 1. The Hall–Kier alpha value is -2.32. The number of nitrogens with zero attached hydrogens (tertiary/aromatic N) is 4. The van der Waals surface area contributed by atoms with E-state index in [2.05, 4.69) is 36.8 Å². The van der Waals surface area contributed by atoms with Gasteiger partial charge >= 0.3 is 0 Å². The van der Waals surface area contributed by atoms with Gasteiger partial charge in [0.05, 0.1) is 10.6 Å². The molecule has 0 saturated heterocycles. The van der Waals surface area contributed by atoms with E-state index in [0.29, 0.717) is 22.1 Å². The van der Waals surface area contributed by atoms with Crippen LogP contribution < -0.4 is 5.32 Å². The van der Waals surface area contributed by atoms with Crippen LogP contribution in [0.25, 0.3) is 5.69 Å². The molecule has 0 aliphatic carbocycles. The number of carbonyl (C=O) groups is 1. The lowest BCUT2D eigenvalue weighted by atomic mass is 10.2. The lowest BCUT2D eigenvalue weighted by Crippen LogP contribution is -2.13. The van der Waals surface area contributed by atoms with Crippen LogP contribution in [0.4, 0.5) is 10.1 Å². The Morgan fingerprint density at radius 3 is 2.79 bits per heavy atom. The maximum atomic E-state index is 14.0. The fraction of sp³-hybridized carbons (Fsp3) is 0.0667. The normalized spacial score (nSPS) is 10.7. The van der Waals surface area contributed by atoms with Crippen LogP contribution in [0.5, 0.6) is 0 Å². The van der Waals surface area contributed by atoms with E-state index in [1.54, 1.807) is 25.1 Å². The number of halogens is 3. The number of aryl methyl sites for hydroxylation is 1. The van der Waals surface area contributed by atoms with Gasteiger partial charge in [0.15, 0.2) is 5.82 Å². The van der Waals surface area contributed by atoms with Gasteiger partial charge < -0.3 is 5.32 Å². The smallest absolute Gasteiger partial charge is 0.257 e. The van der Waals surface area contributed by atoms with Crippen molar-refractivity contribution in [3.8, 4) is 5.69 Å². The zero-order chi connectivity index (χ0) is 17.3. The summed E-state index contributed by atoms with van der Waals surface area (Å²) < 4.78 is 16.0. The molecule has 1 amide bonds. The number of hydrogen-bond acceptors (Lipinski definition) is 4. The molecule has 24 heavy (non-hydrogen) atoms.